The minimum Gasteiger partial charge on any atom is -0.462 e. The fourth-order valence-electron chi connectivity index (χ4n) is 3.73. The van der Waals surface area contributed by atoms with Crippen molar-refractivity contribution in [1.82, 2.24) is 0 Å². The number of carbonyl (C=O) groups is 2. The zero-order chi connectivity index (χ0) is 25.0. The van der Waals surface area contributed by atoms with E-state index in [1.54, 1.807) is 6.92 Å². The van der Waals surface area contributed by atoms with E-state index in [1.807, 2.05) is 6.92 Å². The van der Waals surface area contributed by atoms with Crippen LogP contribution in [0.2, 0.25) is 0 Å². The third-order valence-corrected chi connectivity index (χ3v) is 5.81. The number of hydrogen-bond acceptors (Lipinski definition) is 5. The Labute approximate surface area is 187 Å². The second-order valence-electron chi connectivity index (χ2n) is 8.21. The van der Waals surface area contributed by atoms with Crippen LogP contribution in [0.3, 0.4) is 0 Å². The Kier molecular flexibility index (Phi) is 8.42. The van der Waals surface area contributed by atoms with E-state index >= 15 is 0 Å². The maximum Gasteiger partial charge on any atom is 0.430 e. The Morgan fingerprint density at radius 1 is 1.12 bits per heavy atom. The number of carbonyl (C=O) groups excluding carboxylic acids is 2. The number of hydrogen-bond donors (Lipinski definition) is 1. The number of ether oxygens (including phenoxy) is 2. The predicted octanol–water partition coefficient (Wildman–Crippen LogP) is 5.16. The van der Waals surface area contributed by atoms with Crippen molar-refractivity contribution in [3.8, 4) is 0 Å². The van der Waals surface area contributed by atoms with Gasteiger partial charge in [0, 0.05) is 5.56 Å². The molecule has 1 aliphatic rings. The van der Waals surface area contributed by atoms with Crippen molar-refractivity contribution in [1.29, 1.82) is 0 Å². The molecule has 0 saturated carbocycles. The van der Waals surface area contributed by atoms with Crippen LogP contribution in [0.1, 0.15) is 63.0 Å². The van der Waals surface area contributed by atoms with Crippen LogP contribution >= 0.6 is 0 Å². The standard InChI is InChI=1S/C22H26F6O5/c1-3-14(6-4-5-13(2)19(30)33-17-11-18(29)32-12-17)15-7-9-16(10-8-15)20(31,21(23,24)25)22(26,27)28/h7-10,13-14,17,31H,3-6,11-12H2,1-2H3. The van der Waals surface area contributed by atoms with Gasteiger partial charge in [0.05, 0.1) is 12.3 Å². The number of cyclic esters (lactones) is 1. The normalized spacial score (nSPS) is 19.2. The summed E-state index contributed by atoms with van der Waals surface area (Å²) < 4.78 is 88.2. The van der Waals surface area contributed by atoms with Crippen molar-refractivity contribution in [3.63, 3.8) is 0 Å². The molecule has 0 aliphatic carbocycles. The molecule has 3 unspecified atom stereocenters. The van der Waals surface area contributed by atoms with E-state index in [9.17, 15) is 41.0 Å². The zero-order valence-electron chi connectivity index (χ0n) is 18.1. The summed E-state index contributed by atoms with van der Waals surface area (Å²) in [5.74, 6) is -1.50. The molecule has 0 aromatic heterocycles. The van der Waals surface area contributed by atoms with Gasteiger partial charge in [-0.1, -0.05) is 44.5 Å². The fraction of sp³-hybridized carbons (Fsp3) is 0.636. The van der Waals surface area contributed by atoms with Crippen LogP contribution in [-0.2, 0) is 24.7 Å². The molecule has 11 heteroatoms. The zero-order valence-corrected chi connectivity index (χ0v) is 18.1. The first-order valence-electron chi connectivity index (χ1n) is 10.5. The van der Waals surface area contributed by atoms with Gasteiger partial charge in [0.15, 0.2) is 0 Å². The molecule has 1 N–H and O–H groups in total. The van der Waals surface area contributed by atoms with Crippen LogP contribution in [-0.4, -0.2) is 42.1 Å². The van der Waals surface area contributed by atoms with Crippen molar-refractivity contribution >= 4 is 11.9 Å². The van der Waals surface area contributed by atoms with Crippen LogP contribution in [0.15, 0.2) is 24.3 Å². The minimum atomic E-state index is -5.93. The SMILES string of the molecule is CCC(CCCC(C)C(=O)OC1COC(=O)C1)c1ccc(C(O)(C(F)(F)F)C(F)(F)F)cc1. The summed E-state index contributed by atoms with van der Waals surface area (Å²) in [6.07, 6.45) is -10.3. The lowest BCUT2D eigenvalue weighted by molar-refractivity contribution is -0.376. The Balaban J connectivity index is 1.97. The number of alkyl halides is 6. The van der Waals surface area contributed by atoms with Crippen molar-refractivity contribution < 1.29 is 50.5 Å². The van der Waals surface area contributed by atoms with E-state index in [-0.39, 0.29) is 18.9 Å². The van der Waals surface area contributed by atoms with E-state index in [4.69, 9.17) is 9.47 Å². The highest BCUT2D eigenvalue weighted by molar-refractivity contribution is 5.75. The molecule has 0 spiro atoms. The molecule has 1 heterocycles. The Morgan fingerprint density at radius 2 is 1.70 bits per heavy atom. The van der Waals surface area contributed by atoms with Crippen molar-refractivity contribution in [2.75, 3.05) is 6.61 Å². The van der Waals surface area contributed by atoms with Crippen LogP contribution < -0.4 is 0 Å². The minimum absolute atomic E-state index is 0.0180. The van der Waals surface area contributed by atoms with E-state index in [2.05, 4.69) is 0 Å². The summed E-state index contributed by atoms with van der Waals surface area (Å²) in [5.41, 5.74) is -5.72. The average Bonchev–Trinajstić information content (AvgIpc) is 3.13. The largest absolute Gasteiger partial charge is 0.462 e. The van der Waals surface area contributed by atoms with Crippen molar-refractivity contribution in [3.05, 3.63) is 35.4 Å². The molecule has 1 aromatic carbocycles. The summed E-state index contributed by atoms with van der Waals surface area (Å²) in [6, 6.07) is 3.59. The van der Waals surface area contributed by atoms with Crippen LogP contribution in [0.4, 0.5) is 26.3 Å². The lowest BCUT2D eigenvalue weighted by atomic mass is 9.86. The van der Waals surface area contributed by atoms with Gasteiger partial charge in [0.1, 0.15) is 12.7 Å². The molecule has 1 fully saturated rings. The molecule has 1 aliphatic heterocycles. The molecule has 0 radical (unpaired) electrons. The third kappa shape index (κ3) is 6.18. The first-order chi connectivity index (χ1) is 15.2. The van der Waals surface area contributed by atoms with Gasteiger partial charge in [-0.25, -0.2) is 0 Å². The second kappa shape index (κ2) is 10.3. The molecular weight excluding hydrogens is 458 g/mol. The molecule has 33 heavy (non-hydrogen) atoms. The summed E-state index contributed by atoms with van der Waals surface area (Å²) >= 11 is 0. The lowest BCUT2D eigenvalue weighted by Crippen LogP contribution is -2.53. The van der Waals surface area contributed by atoms with Crippen LogP contribution in [0.25, 0.3) is 0 Å². The second-order valence-corrected chi connectivity index (χ2v) is 8.21. The number of aliphatic hydroxyl groups is 1. The van der Waals surface area contributed by atoms with Gasteiger partial charge in [0.2, 0.25) is 0 Å². The maximum absolute atomic E-state index is 13.0. The van der Waals surface area contributed by atoms with E-state index in [0.29, 0.717) is 43.4 Å². The molecule has 0 bridgehead atoms. The number of esters is 2. The maximum atomic E-state index is 13.0. The molecule has 5 nitrogen and oxygen atoms in total. The number of rotatable bonds is 9. The summed E-state index contributed by atoms with van der Waals surface area (Å²) in [4.78, 5) is 23.2. The van der Waals surface area contributed by atoms with E-state index < -0.39 is 47.5 Å². The number of benzene rings is 1. The molecule has 2 rings (SSSR count). The summed E-state index contributed by atoms with van der Waals surface area (Å²) in [7, 11) is 0. The van der Waals surface area contributed by atoms with Gasteiger partial charge in [-0.3, -0.25) is 9.59 Å². The quantitative estimate of drug-likeness (QED) is 0.387. The summed E-state index contributed by atoms with van der Waals surface area (Å²) in [6.45, 7) is 3.53. The highest BCUT2D eigenvalue weighted by atomic mass is 19.4. The van der Waals surface area contributed by atoms with E-state index in [1.165, 1.54) is 0 Å². The smallest absolute Gasteiger partial charge is 0.430 e. The van der Waals surface area contributed by atoms with Crippen molar-refractivity contribution in [2.45, 2.75) is 75.9 Å². The molecule has 186 valence electrons. The Bertz CT molecular complexity index is 804. The van der Waals surface area contributed by atoms with E-state index in [0.717, 1.165) is 12.1 Å². The predicted molar refractivity (Wildman–Crippen MR) is 104 cm³/mol. The number of halogens is 6. The Morgan fingerprint density at radius 3 is 2.15 bits per heavy atom. The molecular formula is C22H26F6O5. The van der Waals surface area contributed by atoms with Gasteiger partial charge in [-0.2, -0.15) is 26.3 Å². The Hall–Kier alpha value is -2.30. The lowest BCUT2D eigenvalue weighted by Gasteiger charge is -2.32. The fourth-order valence-corrected chi connectivity index (χ4v) is 3.73. The van der Waals surface area contributed by atoms with Gasteiger partial charge >= 0.3 is 24.3 Å². The molecule has 1 saturated heterocycles. The van der Waals surface area contributed by atoms with Gasteiger partial charge in [-0.15, -0.1) is 0 Å². The monoisotopic (exact) mass is 484 g/mol. The molecule has 0 amide bonds. The van der Waals surface area contributed by atoms with Crippen molar-refractivity contribution in [2.24, 2.45) is 5.92 Å². The molecule has 3 atom stereocenters. The molecule has 1 aromatic rings. The van der Waals surface area contributed by atoms with Gasteiger partial charge in [-0.05, 0) is 30.7 Å². The average molecular weight is 484 g/mol. The summed E-state index contributed by atoms with van der Waals surface area (Å²) in [5, 5.41) is 9.49. The van der Waals surface area contributed by atoms with Crippen LogP contribution in [0, 0.1) is 5.92 Å². The van der Waals surface area contributed by atoms with Crippen LogP contribution in [0.5, 0.6) is 0 Å². The topological polar surface area (TPSA) is 72.8 Å². The highest BCUT2D eigenvalue weighted by Gasteiger charge is 2.71. The highest BCUT2D eigenvalue weighted by Crippen LogP contribution is 2.50. The first kappa shape index (κ1) is 26.9. The first-order valence-corrected chi connectivity index (χ1v) is 10.5. The van der Waals surface area contributed by atoms with Gasteiger partial charge < -0.3 is 14.6 Å². The third-order valence-electron chi connectivity index (χ3n) is 5.81. The van der Waals surface area contributed by atoms with Gasteiger partial charge in [0.25, 0.3) is 5.60 Å².